The largest absolute Gasteiger partial charge is 0.310 e. The van der Waals surface area contributed by atoms with Crippen molar-refractivity contribution in [2.75, 3.05) is 6.54 Å². The van der Waals surface area contributed by atoms with E-state index in [4.69, 9.17) is 5.26 Å². The Morgan fingerprint density at radius 2 is 2.29 bits per heavy atom. The first-order chi connectivity index (χ1) is 6.40. The number of nitriles is 1. The maximum Gasteiger partial charge on any atom is 0.0991 e. The molecule has 1 N–H and O–H groups in total. The summed E-state index contributed by atoms with van der Waals surface area (Å²) in [6.07, 6.45) is 2.43. The van der Waals surface area contributed by atoms with Gasteiger partial charge >= 0.3 is 0 Å². The lowest BCUT2D eigenvalue weighted by atomic mass is 10.0. The number of nitrogens with one attached hydrogen (secondary N) is 1. The van der Waals surface area contributed by atoms with E-state index in [-0.39, 0.29) is 12.4 Å². The van der Waals surface area contributed by atoms with Crippen LogP contribution in [0.1, 0.15) is 30.0 Å². The average Bonchev–Trinajstić information content (AvgIpc) is 2.71. The minimum Gasteiger partial charge on any atom is -0.310 e. The summed E-state index contributed by atoms with van der Waals surface area (Å²) in [6, 6.07) is 10.5. The number of hydrogen-bond donors (Lipinski definition) is 1. The van der Waals surface area contributed by atoms with Gasteiger partial charge in [-0.05, 0) is 37.1 Å². The van der Waals surface area contributed by atoms with Gasteiger partial charge in [0, 0.05) is 6.04 Å². The van der Waals surface area contributed by atoms with Gasteiger partial charge in [-0.25, -0.2) is 0 Å². The lowest BCUT2D eigenvalue weighted by Crippen LogP contribution is -2.12. The summed E-state index contributed by atoms with van der Waals surface area (Å²) in [5, 5.41) is 12.1. The van der Waals surface area contributed by atoms with E-state index < -0.39 is 0 Å². The number of benzene rings is 1. The molecule has 0 spiro atoms. The van der Waals surface area contributed by atoms with Crippen LogP contribution in [0.25, 0.3) is 0 Å². The van der Waals surface area contributed by atoms with Crippen LogP contribution in [0.4, 0.5) is 0 Å². The molecule has 1 atom stereocenters. The van der Waals surface area contributed by atoms with E-state index in [0.29, 0.717) is 6.04 Å². The van der Waals surface area contributed by atoms with Crippen LogP contribution >= 0.6 is 12.4 Å². The van der Waals surface area contributed by atoms with Crippen LogP contribution in [0.3, 0.4) is 0 Å². The third-order valence-corrected chi connectivity index (χ3v) is 2.48. The summed E-state index contributed by atoms with van der Waals surface area (Å²) >= 11 is 0. The molecule has 3 heteroatoms. The second-order valence-electron chi connectivity index (χ2n) is 3.39. The lowest BCUT2D eigenvalue weighted by molar-refractivity contribution is 0.647. The number of nitrogens with zero attached hydrogens (tertiary/aromatic N) is 1. The zero-order valence-electron chi connectivity index (χ0n) is 7.86. The van der Waals surface area contributed by atoms with Gasteiger partial charge in [-0.1, -0.05) is 12.1 Å². The molecule has 0 unspecified atom stereocenters. The second-order valence-corrected chi connectivity index (χ2v) is 3.39. The smallest absolute Gasteiger partial charge is 0.0991 e. The molecule has 0 saturated carbocycles. The van der Waals surface area contributed by atoms with Crippen molar-refractivity contribution >= 4 is 12.4 Å². The standard InChI is InChI=1S/C11H12N2.ClH/c12-8-9-3-1-4-10(7-9)11-5-2-6-13-11;/h1,3-4,7,11,13H,2,5-6H2;1H/t11-;/m1./s1. The minimum absolute atomic E-state index is 0. The molecule has 1 saturated heterocycles. The highest BCUT2D eigenvalue weighted by Crippen LogP contribution is 2.23. The fraction of sp³-hybridized carbons (Fsp3) is 0.364. The topological polar surface area (TPSA) is 35.8 Å². The van der Waals surface area contributed by atoms with E-state index in [9.17, 15) is 0 Å². The van der Waals surface area contributed by atoms with Crippen LogP contribution in [0.15, 0.2) is 24.3 Å². The van der Waals surface area contributed by atoms with Crippen LogP contribution in [0, 0.1) is 11.3 Å². The fourth-order valence-electron chi connectivity index (χ4n) is 1.79. The van der Waals surface area contributed by atoms with Crippen molar-refractivity contribution < 1.29 is 0 Å². The van der Waals surface area contributed by atoms with Gasteiger partial charge in [-0.15, -0.1) is 12.4 Å². The first-order valence-corrected chi connectivity index (χ1v) is 4.63. The quantitative estimate of drug-likeness (QED) is 0.770. The summed E-state index contributed by atoms with van der Waals surface area (Å²) in [4.78, 5) is 0. The van der Waals surface area contributed by atoms with Crippen molar-refractivity contribution in [3.63, 3.8) is 0 Å². The molecule has 1 aromatic carbocycles. The molecular formula is C11H13ClN2. The first kappa shape index (κ1) is 11.0. The fourth-order valence-corrected chi connectivity index (χ4v) is 1.79. The van der Waals surface area contributed by atoms with Crippen molar-refractivity contribution in [3.8, 4) is 6.07 Å². The molecule has 1 aromatic rings. The van der Waals surface area contributed by atoms with Gasteiger partial charge in [0.15, 0.2) is 0 Å². The van der Waals surface area contributed by atoms with Gasteiger partial charge in [0.2, 0.25) is 0 Å². The normalized spacial score (nSPS) is 19.8. The van der Waals surface area contributed by atoms with Gasteiger partial charge < -0.3 is 5.32 Å². The van der Waals surface area contributed by atoms with E-state index in [1.165, 1.54) is 18.4 Å². The van der Waals surface area contributed by atoms with Gasteiger partial charge in [-0.3, -0.25) is 0 Å². The Balaban J connectivity index is 0.000000980. The van der Waals surface area contributed by atoms with Crippen LogP contribution in [0.2, 0.25) is 0 Å². The Morgan fingerprint density at radius 1 is 1.43 bits per heavy atom. The van der Waals surface area contributed by atoms with E-state index in [0.717, 1.165) is 12.1 Å². The van der Waals surface area contributed by atoms with Crippen molar-refractivity contribution in [2.24, 2.45) is 0 Å². The molecule has 0 radical (unpaired) electrons. The van der Waals surface area contributed by atoms with Crippen molar-refractivity contribution in [1.29, 1.82) is 5.26 Å². The van der Waals surface area contributed by atoms with Crippen LogP contribution in [-0.4, -0.2) is 6.54 Å². The highest BCUT2D eigenvalue weighted by molar-refractivity contribution is 5.85. The monoisotopic (exact) mass is 208 g/mol. The molecule has 74 valence electrons. The minimum atomic E-state index is 0. The average molecular weight is 209 g/mol. The first-order valence-electron chi connectivity index (χ1n) is 4.63. The molecular weight excluding hydrogens is 196 g/mol. The van der Waals surface area contributed by atoms with E-state index in [1.54, 1.807) is 0 Å². The van der Waals surface area contributed by atoms with Gasteiger partial charge in [0.25, 0.3) is 0 Å². The Morgan fingerprint density at radius 3 is 2.93 bits per heavy atom. The third kappa shape index (κ3) is 2.25. The van der Waals surface area contributed by atoms with E-state index >= 15 is 0 Å². The van der Waals surface area contributed by atoms with Crippen LogP contribution in [-0.2, 0) is 0 Å². The van der Waals surface area contributed by atoms with Gasteiger partial charge in [0.05, 0.1) is 11.6 Å². The number of halogens is 1. The molecule has 1 aliphatic rings. The lowest BCUT2D eigenvalue weighted by Gasteiger charge is -2.09. The zero-order valence-corrected chi connectivity index (χ0v) is 8.68. The summed E-state index contributed by atoms with van der Waals surface area (Å²) in [7, 11) is 0. The predicted molar refractivity (Wildman–Crippen MR) is 58.4 cm³/mol. The van der Waals surface area contributed by atoms with Crippen molar-refractivity contribution in [1.82, 2.24) is 5.32 Å². The summed E-state index contributed by atoms with van der Waals surface area (Å²) < 4.78 is 0. The highest BCUT2D eigenvalue weighted by Gasteiger charge is 2.15. The number of rotatable bonds is 1. The van der Waals surface area contributed by atoms with Gasteiger partial charge in [0.1, 0.15) is 0 Å². The molecule has 0 aromatic heterocycles. The SMILES string of the molecule is Cl.N#Cc1cccc([C@H]2CCCN2)c1. The van der Waals surface area contributed by atoms with Crippen molar-refractivity contribution in [3.05, 3.63) is 35.4 Å². The molecule has 1 heterocycles. The van der Waals surface area contributed by atoms with E-state index in [2.05, 4.69) is 17.5 Å². The Hall–Kier alpha value is -1.04. The molecule has 0 aliphatic carbocycles. The van der Waals surface area contributed by atoms with Crippen molar-refractivity contribution in [2.45, 2.75) is 18.9 Å². The summed E-state index contributed by atoms with van der Waals surface area (Å²) in [5.74, 6) is 0. The van der Waals surface area contributed by atoms with E-state index in [1.807, 2.05) is 18.2 Å². The molecule has 2 nitrogen and oxygen atoms in total. The maximum atomic E-state index is 8.73. The van der Waals surface area contributed by atoms with Crippen LogP contribution < -0.4 is 5.32 Å². The molecule has 2 rings (SSSR count). The molecule has 0 bridgehead atoms. The third-order valence-electron chi connectivity index (χ3n) is 2.48. The molecule has 1 fully saturated rings. The Labute approximate surface area is 90.3 Å². The summed E-state index contributed by atoms with van der Waals surface area (Å²) in [5.41, 5.74) is 2.00. The van der Waals surface area contributed by atoms with Gasteiger partial charge in [-0.2, -0.15) is 5.26 Å². The molecule has 0 amide bonds. The Kier molecular flexibility index (Phi) is 3.94. The second kappa shape index (κ2) is 4.99. The maximum absolute atomic E-state index is 8.73. The Bertz CT molecular complexity index is 337. The molecule has 14 heavy (non-hydrogen) atoms. The van der Waals surface area contributed by atoms with Crippen LogP contribution in [0.5, 0.6) is 0 Å². The highest BCUT2D eigenvalue weighted by atomic mass is 35.5. The zero-order chi connectivity index (χ0) is 9.10. The molecule has 1 aliphatic heterocycles. The summed E-state index contributed by atoms with van der Waals surface area (Å²) in [6.45, 7) is 1.10. The predicted octanol–water partition coefficient (Wildman–Crippen LogP) is 2.40. The number of hydrogen-bond acceptors (Lipinski definition) is 2.